The third-order valence-electron chi connectivity index (χ3n) is 3.64. The summed E-state index contributed by atoms with van der Waals surface area (Å²) in [5, 5.41) is 7.67. The SMILES string of the molecule is COC(=O)Cc1ccc(Nc2cnn(Cc3ccccc3)c2)cc1. The fraction of sp³-hybridized carbons (Fsp3) is 0.158. The van der Waals surface area contributed by atoms with Crippen molar-refractivity contribution in [1.29, 1.82) is 0 Å². The molecule has 0 amide bonds. The number of aromatic nitrogens is 2. The molecule has 24 heavy (non-hydrogen) atoms. The van der Waals surface area contributed by atoms with Crippen LogP contribution in [0.3, 0.4) is 0 Å². The van der Waals surface area contributed by atoms with Crippen molar-refractivity contribution < 1.29 is 9.53 Å². The van der Waals surface area contributed by atoms with E-state index in [4.69, 9.17) is 0 Å². The van der Waals surface area contributed by atoms with E-state index in [2.05, 4.69) is 27.3 Å². The van der Waals surface area contributed by atoms with Gasteiger partial charge in [-0.3, -0.25) is 9.48 Å². The van der Waals surface area contributed by atoms with Crippen LogP contribution in [-0.4, -0.2) is 22.9 Å². The minimum absolute atomic E-state index is 0.238. The number of nitrogens with zero attached hydrogens (tertiary/aromatic N) is 2. The Morgan fingerprint density at radius 2 is 1.79 bits per heavy atom. The maximum absolute atomic E-state index is 11.3. The van der Waals surface area contributed by atoms with Crippen LogP contribution >= 0.6 is 0 Å². The van der Waals surface area contributed by atoms with Gasteiger partial charge in [-0.15, -0.1) is 0 Å². The molecule has 0 saturated carbocycles. The van der Waals surface area contributed by atoms with E-state index in [9.17, 15) is 4.79 Å². The van der Waals surface area contributed by atoms with E-state index in [1.807, 2.05) is 53.3 Å². The third kappa shape index (κ3) is 4.23. The van der Waals surface area contributed by atoms with E-state index in [0.29, 0.717) is 0 Å². The van der Waals surface area contributed by atoms with Gasteiger partial charge < -0.3 is 10.1 Å². The molecule has 2 aromatic carbocycles. The molecule has 0 saturated heterocycles. The zero-order valence-corrected chi connectivity index (χ0v) is 13.5. The number of hydrogen-bond acceptors (Lipinski definition) is 4. The van der Waals surface area contributed by atoms with Crippen molar-refractivity contribution in [2.75, 3.05) is 12.4 Å². The first-order valence-electron chi connectivity index (χ1n) is 7.72. The van der Waals surface area contributed by atoms with Crippen LogP contribution in [0, 0.1) is 0 Å². The molecule has 5 heteroatoms. The van der Waals surface area contributed by atoms with E-state index in [0.717, 1.165) is 23.5 Å². The second kappa shape index (κ2) is 7.46. The first-order chi connectivity index (χ1) is 11.7. The highest BCUT2D eigenvalue weighted by molar-refractivity contribution is 5.72. The van der Waals surface area contributed by atoms with Gasteiger partial charge in [0.1, 0.15) is 0 Å². The molecular formula is C19H19N3O2. The number of anilines is 2. The standard InChI is InChI=1S/C19H19N3O2/c1-24-19(23)11-15-7-9-17(10-8-15)21-18-12-20-22(14-18)13-16-5-3-2-4-6-16/h2-10,12,14,21H,11,13H2,1H3. The van der Waals surface area contributed by atoms with Gasteiger partial charge in [0.25, 0.3) is 0 Å². The Morgan fingerprint density at radius 3 is 2.50 bits per heavy atom. The van der Waals surface area contributed by atoms with Crippen molar-refractivity contribution in [3.8, 4) is 0 Å². The van der Waals surface area contributed by atoms with Gasteiger partial charge in [-0.1, -0.05) is 42.5 Å². The highest BCUT2D eigenvalue weighted by atomic mass is 16.5. The molecule has 1 aromatic heterocycles. The molecule has 5 nitrogen and oxygen atoms in total. The normalized spacial score (nSPS) is 10.4. The molecular weight excluding hydrogens is 302 g/mol. The van der Waals surface area contributed by atoms with Gasteiger partial charge in [-0.25, -0.2) is 0 Å². The number of carbonyl (C=O) groups excluding carboxylic acids is 1. The fourth-order valence-corrected chi connectivity index (χ4v) is 2.40. The van der Waals surface area contributed by atoms with Gasteiger partial charge in [0.15, 0.2) is 0 Å². The molecule has 122 valence electrons. The number of nitrogens with one attached hydrogen (secondary N) is 1. The summed E-state index contributed by atoms with van der Waals surface area (Å²) in [6.45, 7) is 0.737. The van der Waals surface area contributed by atoms with E-state index >= 15 is 0 Å². The molecule has 0 bridgehead atoms. The van der Waals surface area contributed by atoms with Crippen molar-refractivity contribution in [3.05, 3.63) is 78.1 Å². The van der Waals surface area contributed by atoms with Gasteiger partial charge in [0, 0.05) is 11.9 Å². The van der Waals surface area contributed by atoms with Crippen LogP contribution in [-0.2, 0) is 22.5 Å². The lowest BCUT2D eigenvalue weighted by Gasteiger charge is -2.05. The number of methoxy groups -OCH3 is 1. The summed E-state index contributed by atoms with van der Waals surface area (Å²) >= 11 is 0. The first kappa shape index (κ1) is 15.8. The van der Waals surface area contributed by atoms with Crippen molar-refractivity contribution in [2.45, 2.75) is 13.0 Å². The zero-order chi connectivity index (χ0) is 16.8. The second-order valence-electron chi connectivity index (χ2n) is 5.49. The Kier molecular flexibility index (Phi) is 4.91. The van der Waals surface area contributed by atoms with Crippen molar-refractivity contribution in [3.63, 3.8) is 0 Å². The van der Waals surface area contributed by atoms with E-state index in [1.54, 1.807) is 6.20 Å². The highest BCUT2D eigenvalue weighted by Gasteiger charge is 2.04. The summed E-state index contributed by atoms with van der Waals surface area (Å²) in [7, 11) is 1.39. The molecule has 0 radical (unpaired) electrons. The van der Waals surface area contributed by atoms with E-state index < -0.39 is 0 Å². The summed E-state index contributed by atoms with van der Waals surface area (Å²) in [6.07, 6.45) is 4.05. The van der Waals surface area contributed by atoms with Crippen LogP contribution in [0.25, 0.3) is 0 Å². The number of benzene rings is 2. The van der Waals surface area contributed by atoms with E-state index in [-0.39, 0.29) is 12.4 Å². The van der Waals surface area contributed by atoms with Crippen molar-refractivity contribution in [1.82, 2.24) is 9.78 Å². The summed E-state index contributed by atoms with van der Waals surface area (Å²) in [6, 6.07) is 17.9. The lowest BCUT2D eigenvalue weighted by Crippen LogP contribution is -2.04. The van der Waals surface area contributed by atoms with E-state index in [1.165, 1.54) is 12.7 Å². The topological polar surface area (TPSA) is 56.1 Å². The van der Waals surface area contributed by atoms with Crippen LogP contribution in [0.15, 0.2) is 67.0 Å². The fourth-order valence-electron chi connectivity index (χ4n) is 2.40. The predicted molar refractivity (Wildman–Crippen MR) is 93.2 cm³/mol. The average molecular weight is 321 g/mol. The lowest BCUT2D eigenvalue weighted by molar-refractivity contribution is -0.139. The predicted octanol–water partition coefficient (Wildman–Crippen LogP) is 3.39. The Morgan fingerprint density at radius 1 is 1.04 bits per heavy atom. The summed E-state index contributed by atoms with van der Waals surface area (Å²) in [4.78, 5) is 11.3. The van der Waals surface area contributed by atoms with Crippen LogP contribution in [0.4, 0.5) is 11.4 Å². The molecule has 0 fully saturated rings. The number of rotatable bonds is 6. The Bertz CT molecular complexity index is 795. The van der Waals surface area contributed by atoms with Crippen molar-refractivity contribution in [2.24, 2.45) is 0 Å². The molecule has 1 heterocycles. The second-order valence-corrected chi connectivity index (χ2v) is 5.49. The minimum atomic E-state index is -0.238. The van der Waals surface area contributed by atoms with Gasteiger partial charge in [-0.2, -0.15) is 5.10 Å². The summed E-state index contributed by atoms with van der Waals surface area (Å²) < 4.78 is 6.56. The largest absolute Gasteiger partial charge is 0.469 e. The van der Waals surface area contributed by atoms with Crippen LogP contribution < -0.4 is 5.32 Å². The molecule has 0 aliphatic carbocycles. The molecule has 0 spiro atoms. The molecule has 0 aliphatic heterocycles. The van der Waals surface area contributed by atoms with Gasteiger partial charge >= 0.3 is 5.97 Å². The van der Waals surface area contributed by atoms with Crippen LogP contribution in [0.1, 0.15) is 11.1 Å². The number of hydrogen-bond donors (Lipinski definition) is 1. The molecule has 0 unspecified atom stereocenters. The summed E-state index contributed by atoms with van der Waals surface area (Å²) in [5.41, 5.74) is 4.00. The summed E-state index contributed by atoms with van der Waals surface area (Å²) in [5.74, 6) is -0.238. The van der Waals surface area contributed by atoms with Gasteiger partial charge in [-0.05, 0) is 23.3 Å². The Labute approximate surface area is 140 Å². The minimum Gasteiger partial charge on any atom is -0.469 e. The zero-order valence-electron chi connectivity index (χ0n) is 13.5. The smallest absolute Gasteiger partial charge is 0.309 e. The highest BCUT2D eigenvalue weighted by Crippen LogP contribution is 2.17. The van der Waals surface area contributed by atoms with Crippen LogP contribution in [0.5, 0.6) is 0 Å². The number of carbonyl (C=O) groups is 1. The van der Waals surface area contributed by atoms with Gasteiger partial charge in [0.2, 0.25) is 0 Å². The van der Waals surface area contributed by atoms with Gasteiger partial charge in [0.05, 0.1) is 32.0 Å². The molecule has 3 rings (SSSR count). The Balaban J connectivity index is 1.61. The van der Waals surface area contributed by atoms with Crippen LogP contribution in [0.2, 0.25) is 0 Å². The first-order valence-corrected chi connectivity index (χ1v) is 7.72. The van der Waals surface area contributed by atoms with Crippen molar-refractivity contribution >= 4 is 17.3 Å². The molecule has 0 atom stereocenters. The molecule has 1 N–H and O–H groups in total. The lowest BCUT2D eigenvalue weighted by atomic mass is 10.1. The quantitative estimate of drug-likeness (QED) is 0.707. The Hall–Kier alpha value is -3.08. The monoisotopic (exact) mass is 321 g/mol. The maximum Gasteiger partial charge on any atom is 0.309 e. The maximum atomic E-state index is 11.3. The molecule has 3 aromatic rings. The third-order valence-corrected chi connectivity index (χ3v) is 3.64. The number of esters is 1. The average Bonchev–Trinajstić information content (AvgIpc) is 3.04. The number of ether oxygens (including phenoxy) is 1. The molecule has 0 aliphatic rings.